The maximum Gasteiger partial charge on any atom is 0.309 e. The lowest BCUT2D eigenvalue weighted by Crippen LogP contribution is -2.40. The van der Waals surface area contributed by atoms with Gasteiger partial charge in [0.2, 0.25) is 15.1 Å². The summed E-state index contributed by atoms with van der Waals surface area (Å²) >= 11 is 0. The minimum absolute atomic E-state index is 0.0654. The van der Waals surface area contributed by atoms with Gasteiger partial charge >= 0.3 is 5.97 Å². The van der Waals surface area contributed by atoms with Crippen molar-refractivity contribution in [2.75, 3.05) is 27.2 Å². The van der Waals surface area contributed by atoms with E-state index in [9.17, 15) is 30.4 Å². The van der Waals surface area contributed by atoms with E-state index in [0.29, 0.717) is 6.07 Å². The van der Waals surface area contributed by atoms with E-state index in [1.807, 2.05) is 0 Å². The van der Waals surface area contributed by atoms with Crippen LogP contribution in [0.1, 0.15) is 18.6 Å². The van der Waals surface area contributed by atoms with Crippen LogP contribution in [0.2, 0.25) is 0 Å². The Morgan fingerprint density at radius 2 is 1.78 bits per heavy atom. The van der Waals surface area contributed by atoms with Gasteiger partial charge in [0.05, 0.1) is 5.92 Å². The van der Waals surface area contributed by atoms with Crippen molar-refractivity contribution in [2.45, 2.75) is 29.4 Å². The monoisotopic (exact) mass is 492 g/mol. The van der Waals surface area contributed by atoms with Gasteiger partial charge in [-0.3, -0.25) is 4.79 Å². The summed E-state index contributed by atoms with van der Waals surface area (Å²) in [7, 11) is -5.29. The molecule has 32 heavy (non-hydrogen) atoms. The quantitative estimate of drug-likeness (QED) is 0.543. The fourth-order valence-electron chi connectivity index (χ4n) is 3.16. The van der Waals surface area contributed by atoms with E-state index < -0.39 is 48.5 Å². The standard InChI is InChI=1S/C19H22F2N2O7S2/c1-22(2)32(27,28)18-6-4-15(30-18)12-29-19(24)13-7-9-23(10-8-13)31(25,26)17-11-14(20)3-5-16(17)21/h3-6,11,13H,7-10,12H2,1-2H3. The van der Waals surface area contributed by atoms with E-state index in [-0.39, 0.29) is 43.4 Å². The van der Waals surface area contributed by atoms with Gasteiger partial charge in [0, 0.05) is 27.2 Å². The van der Waals surface area contributed by atoms with Gasteiger partial charge in [0.25, 0.3) is 10.0 Å². The van der Waals surface area contributed by atoms with Crippen molar-refractivity contribution in [3.63, 3.8) is 0 Å². The fraction of sp³-hybridized carbons (Fsp3) is 0.421. The Bertz CT molecular complexity index is 1200. The van der Waals surface area contributed by atoms with Crippen molar-refractivity contribution in [1.29, 1.82) is 0 Å². The number of nitrogens with zero attached hydrogens (tertiary/aromatic N) is 2. The highest BCUT2D eigenvalue weighted by Crippen LogP contribution is 2.27. The lowest BCUT2D eigenvalue weighted by Gasteiger charge is -2.30. The first-order valence-corrected chi connectivity index (χ1v) is 12.4. The third-order valence-corrected chi connectivity index (χ3v) is 8.63. The molecule has 0 amide bonds. The summed E-state index contributed by atoms with van der Waals surface area (Å²) in [5, 5.41) is -0.281. The highest BCUT2D eigenvalue weighted by atomic mass is 32.2. The van der Waals surface area contributed by atoms with Gasteiger partial charge in [-0.15, -0.1) is 0 Å². The molecule has 1 aliphatic rings. The number of sulfonamides is 2. The van der Waals surface area contributed by atoms with Gasteiger partial charge < -0.3 is 9.15 Å². The number of hydrogen-bond acceptors (Lipinski definition) is 7. The first-order valence-electron chi connectivity index (χ1n) is 9.56. The predicted octanol–water partition coefficient (Wildman–Crippen LogP) is 1.95. The van der Waals surface area contributed by atoms with Crippen LogP contribution in [-0.2, 0) is 36.2 Å². The fourth-order valence-corrected chi connectivity index (χ4v) is 5.52. The number of ether oxygens (including phenoxy) is 1. The van der Waals surface area contributed by atoms with E-state index in [0.717, 1.165) is 20.7 Å². The molecule has 0 radical (unpaired) electrons. The molecule has 1 fully saturated rings. The minimum Gasteiger partial charge on any atom is -0.457 e. The number of hydrogen-bond donors (Lipinski definition) is 0. The van der Waals surface area contributed by atoms with E-state index in [1.54, 1.807) is 0 Å². The van der Waals surface area contributed by atoms with E-state index in [2.05, 4.69) is 0 Å². The lowest BCUT2D eigenvalue weighted by atomic mass is 9.98. The number of piperidine rings is 1. The molecule has 176 valence electrons. The van der Waals surface area contributed by atoms with Gasteiger partial charge in [-0.25, -0.2) is 29.9 Å². The number of furan rings is 1. The molecule has 1 saturated heterocycles. The van der Waals surface area contributed by atoms with E-state index in [4.69, 9.17) is 9.15 Å². The Hall–Kier alpha value is -2.35. The molecule has 0 unspecified atom stereocenters. The number of benzene rings is 1. The van der Waals surface area contributed by atoms with Crippen LogP contribution in [0.3, 0.4) is 0 Å². The number of rotatable bonds is 7. The minimum atomic E-state index is -4.25. The Labute approximate surface area is 184 Å². The summed E-state index contributed by atoms with van der Waals surface area (Å²) in [4.78, 5) is 11.6. The topological polar surface area (TPSA) is 114 Å². The molecule has 2 heterocycles. The Kier molecular flexibility index (Phi) is 7.03. The first kappa shape index (κ1) is 24.3. The van der Waals surface area contributed by atoms with Crippen molar-refractivity contribution in [1.82, 2.24) is 8.61 Å². The molecule has 0 spiro atoms. The third kappa shape index (κ3) is 5.00. The molecule has 0 bridgehead atoms. The SMILES string of the molecule is CN(C)S(=O)(=O)c1ccc(COC(=O)C2CCN(S(=O)(=O)c3cc(F)ccc3F)CC2)o1. The molecule has 1 aliphatic heterocycles. The first-order chi connectivity index (χ1) is 14.9. The summed E-state index contributed by atoms with van der Waals surface area (Å²) < 4.78 is 88.9. The normalized spacial score (nSPS) is 16.4. The van der Waals surface area contributed by atoms with Crippen molar-refractivity contribution >= 4 is 26.0 Å². The molecule has 0 aliphatic carbocycles. The van der Waals surface area contributed by atoms with Gasteiger partial charge in [0.1, 0.15) is 28.9 Å². The number of carbonyl (C=O) groups is 1. The molecule has 2 aromatic rings. The van der Waals surface area contributed by atoms with Crippen molar-refractivity contribution in [3.8, 4) is 0 Å². The van der Waals surface area contributed by atoms with E-state index in [1.165, 1.54) is 26.2 Å². The smallest absolute Gasteiger partial charge is 0.309 e. The zero-order chi connectivity index (χ0) is 23.7. The number of esters is 1. The van der Waals surface area contributed by atoms with Crippen LogP contribution in [0.15, 0.2) is 44.7 Å². The van der Waals surface area contributed by atoms with Crippen molar-refractivity contribution < 1.29 is 39.6 Å². The van der Waals surface area contributed by atoms with Crippen LogP contribution in [0, 0.1) is 17.6 Å². The highest BCUT2D eigenvalue weighted by Gasteiger charge is 2.34. The van der Waals surface area contributed by atoms with Gasteiger partial charge in [-0.05, 0) is 43.2 Å². The third-order valence-electron chi connectivity index (χ3n) is 5.03. The lowest BCUT2D eigenvalue weighted by molar-refractivity contribution is -0.151. The Morgan fingerprint density at radius 1 is 1.12 bits per heavy atom. The summed E-state index contributed by atoms with van der Waals surface area (Å²) in [6.07, 6.45) is 0.265. The molecular formula is C19H22F2N2O7S2. The molecular weight excluding hydrogens is 470 g/mol. The molecule has 0 N–H and O–H groups in total. The molecule has 0 atom stereocenters. The van der Waals surface area contributed by atoms with Gasteiger partial charge in [-0.2, -0.15) is 4.31 Å². The number of carbonyl (C=O) groups excluding carboxylic acids is 1. The second kappa shape index (κ2) is 9.25. The average Bonchev–Trinajstić information content (AvgIpc) is 3.23. The van der Waals surface area contributed by atoms with Crippen LogP contribution in [0.25, 0.3) is 0 Å². The van der Waals surface area contributed by atoms with Gasteiger partial charge in [-0.1, -0.05) is 0 Å². The number of halogens is 2. The average molecular weight is 493 g/mol. The summed E-state index contributed by atoms with van der Waals surface area (Å²) in [6.45, 7) is -0.414. The van der Waals surface area contributed by atoms with Crippen molar-refractivity contribution in [3.05, 3.63) is 47.7 Å². The second-order valence-electron chi connectivity index (χ2n) is 7.37. The predicted molar refractivity (Wildman–Crippen MR) is 107 cm³/mol. The maximum atomic E-state index is 13.9. The zero-order valence-corrected chi connectivity index (χ0v) is 19.0. The van der Waals surface area contributed by atoms with E-state index >= 15 is 0 Å². The molecule has 1 aromatic carbocycles. The van der Waals surface area contributed by atoms with Crippen LogP contribution in [0.4, 0.5) is 8.78 Å². The Morgan fingerprint density at radius 3 is 2.41 bits per heavy atom. The van der Waals surface area contributed by atoms with Gasteiger partial charge in [0.15, 0.2) is 0 Å². The van der Waals surface area contributed by atoms with Crippen molar-refractivity contribution in [2.24, 2.45) is 5.92 Å². The molecule has 9 nitrogen and oxygen atoms in total. The summed E-state index contributed by atoms with van der Waals surface area (Å²) in [6, 6.07) is 4.84. The summed E-state index contributed by atoms with van der Waals surface area (Å²) in [5.41, 5.74) is 0. The highest BCUT2D eigenvalue weighted by molar-refractivity contribution is 7.89. The summed E-state index contributed by atoms with van der Waals surface area (Å²) in [5.74, 6) is -2.98. The molecule has 13 heteroatoms. The molecule has 3 rings (SSSR count). The van der Waals surface area contributed by atoms with Crippen LogP contribution in [-0.4, -0.2) is 58.6 Å². The maximum absolute atomic E-state index is 13.9. The molecule has 0 saturated carbocycles. The van der Waals surface area contributed by atoms with Crippen LogP contribution >= 0.6 is 0 Å². The largest absolute Gasteiger partial charge is 0.457 e. The van der Waals surface area contributed by atoms with Crippen LogP contribution in [0.5, 0.6) is 0 Å². The molecule has 1 aromatic heterocycles. The zero-order valence-electron chi connectivity index (χ0n) is 17.3. The Balaban J connectivity index is 1.57. The van der Waals surface area contributed by atoms with Crippen LogP contribution < -0.4 is 0 Å². The second-order valence-corrected chi connectivity index (χ2v) is 11.4.